The smallest absolute Gasteiger partial charge is 0.193 e. The number of nitrogens with zero attached hydrogens (tertiary/aromatic N) is 3. The molecule has 1 unspecified atom stereocenters. The molecule has 2 saturated heterocycles. The van der Waals surface area contributed by atoms with Crippen LogP contribution in [0, 0.1) is 0 Å². The molecule has 2 fully saturated rings. The molecule has 1 aromatic carbocycles. The van der Waals surface area contributed by atoms with Gasteiger partial charge in [-0.1, -0.05) is 25.5 Å². The molecule has 2 aliphatic heterocycles. The maximum absolute atomic E-state index is 5.74. The number of likely N-dealkylation sites (tertiary alicyclic amines) is 1. The second-order valence-corrected chi connectivity index (χ2v) is 7.61. The van der Waals surface area contributed by atoms with Gasteiger partial charge in [-0.3, -0.25) is 9.89 Å². The summed E-state index contributed by atoms with van der Waals surface area (Å²) in [6.45, 7) is 9.85. The summed E-state index contributed by atoms with van der Waals surface area (Å²) < 4.78 is 11.2. The van der Waals surface area contributed by atoms with Crippen molar-refractivity contribution in [3.05, 3.63) is 29.8 Å². The van der Waals surface area contributed by atoms with Crippen LogP contribution in [-0.2, 0) is 11.2 Å². The van der Waals surface area contributed by atoms with Crippen LogP contribution in [0.15, 0.2) is 29.3 Å². The van der Waals surface area contributed by atoms with E-state index in [1.165, 1.54) is 12.0 Å². The molecular weight excluding hydrogens is 352 g/mol. The number of morpholine rings is 1. The van der Waals surface area contributed by atoms with Crippen molar-refractivity contribution in [3.8, 4) is 5.75 Å². The lowest BCUT2D eigenvalue weighted by Crippen LogP contribution is -2.46. The fourth-order valence-electron chi connectivity index (χ4n) is 3.91. The molecule has 1 N–H and O–H groups in total. The van der Waals surface area contributed by atoms with Gasteiger partial charge in [0.1, 0.15) is 5.75 Å². The topological polar surface area (TPSA) is 49.3 Å². The van der Waals surface area contributed by atoms with Gasteiger partial charge in [0.05, 0.1) is 19.8 Å². The van der Waals surface area contributed by atoms with E-state index in [-0.39, 0.29) is 0 Å². The van der Waals surface area contributed by atoms with Crippen molar-refractivity contribution in [1.29, 1.82) is 0 Å². The Morgan fingerprint density at radius 3 is 2.71 bits per heavy atom. The standard InChI is InChI=1S/C22H36N4O2/c1-3-4-15-28-21-7-5-19(6-8-21)9-11-24-22(23-2)26-12-10-20(18-26)25-13-16-27-17-14-25/h5-8,20H,3-4,9-18H2,1-2H3,(H,23,24). The highest BCUT2D eigenvalue weighted by molar-refractivity contribution is 5.80. The highest BCUT2D eigenvalue weighted by Gasteiger charge is 2.30. The summed E-state index contributed by atoms with van der Waals surface area (Å²) >= 11 is 0. The summed E-state index contributed by atoms with van der Waals surface area (Å²) in [5, 5.41) is 3.54. The number of unbranched alkanes of at least 4 members (excludes halogenated alkanes) is 1. The minimum atomic E-state index is 0.628. The van der Waals surface area contributed by atoms with E-state index in [0.29, 0.717) is 6.04 Å². The Bertz CT molecular complexity index is 599. The van der Waals surface area contributed by atoms with Crippen molar-refractivity contribution >= 4 is 5.96 Å². The van der Waals surface area contributed by atoms with Gasteiger partial charge in [-0.15, -0.1) is 0 Å². The van der Waals surface area contributed by atoms with Gasteiger partial charge in [0, 0.05) is 45.8 Å². The van der Waals surface area contributed by atoms with Gasteiger partial charge >= 0.3 is 0 Å². The predicted molar refractivity (Wildman–Crippen MR) is 114 cm³/mol. The maximum Gasteiger partial charge on any atom is 0.193 e. The van der Waals surface area contributed by atoms with Crippen molar-refractivity contribution in [1.82, 2.24) is 15.1 Å². The summed E-state index contributed by atoms with van der Waals surface area (Å²) in [6.07, 6.45) is 4.46. The average Bonchev–Trinajstić information content (AvgIpc) is 3.23. The van der Waals surface area contributed by atoms with E-state index in [4.69, 9.17) is 9.47 Å². The summed E-state index contributed by atoms with van der Waals surface area (Å²) in [5.74, 6) is 1.99. The zero-order valence-corrected chi connectivity index (χ0v) is 17.5. The number of hydrogen-bond acceptors (Lipinski definition) is 4. The molecular formula is C22H36N4O2. The molecule has 156 valence electrons. The minimum Gasteiger partial charge on any atom is -0.494 e. The monoisotopic (exact) mass is 388 g/mol. The highest BCUT2D eigenvalue weighted by Crippen LogP contribution is 2.17. The quantitative estimate of drug-likeness (QED) is 0.421. The van der Waals surface area contributed by atoms with Gasteiger partial charge in [-0.25, -0.2) is 0 Å². The Morgan fingerprint density at radius 2 is 2.00 bits per heavy atom. The molecule has 0 aliphatic carbocycles. The number of aliphatic imine (C=N–C) groups is 1. The lowest BCUT2D eigenvalue weighted by atomic mass is 10.1. The fourth-order valence-corrected chi connectivity index (χ4v) is 3.91. The van der Waals surface area contributed by atoms with Crippen molar-refractivity contribution in [2.75, 3.05) is 59.6 Å². The number of guanidine groups is 1. The third-order valence-electron chi connectivity index (χ3n) is 5.62. The predicted octanol–water partition coefficient (Wildman–Crippen LogP) is 2.39. The number of rotatable bonds is 8. The van der Waals surface area contributed by atoms with Gasteiger partial charge in [0.2, 0.25) is 0 Å². The number of hydrogen-bond donors (Lipinski definition) is 1. The van der Waals surface area contributed by atoms with Gasteiger partial charge in [0.25, 0.3) is 0 Å². The first-order valence-corrected chi connectivity index (χ1v) is 10.8. The van der Waals surface area contributed by atoms with Crippen molar-refractivity contribution < 1.29 is 9.47 Å². The Hall–Kier alpha value is -1.79. The fraction of sp³-hybridized carbons (Fsp3) is 0.682. The number of benzene rings is 1. The largest absolute Gasteiger partial charge is 0.494 e. The highest BCUT2D eigenvalue weighted by atomic mass is 16.5. The van der Waals surface area contributed by atoms with E-state index >= 15 is 0 Å². The summed E-state index contributed by atoms with van der Waals surface area (Å²) in [5.41, 5.74) is 1.32. The second-order valence-electron chi connectivity index (χ2n) is 7.61. The third kappa shape index (κ3) is 6.11. The van der Waals surface area contributed by atoms with E-state index in [2.05, 4.69) is 51.3 Å². The van der Waals surface area contributed by atoms with E-state index in [1.54, 1.807) is 0 Å². The Balaban J connectivity index is 1.39. The molecule has 28 heavy (non-hydrogen) atoms. The molecule has 1 atom stereocenters. The van der Waals surface area contributed by atoms with Gasteiger partial charge in [-0.05, 0) is 37.0 Å². The van der Waals surface area contributed by atoms with Crippen LogP contribution in [0.25, 0.3) is 0 Å². The van der Waals surface area contributed by atoms with Crippen molar-refractivity contribution in [2.24, 2.45) is 4.99 Å². The third-order valence-corrected chi connectivity index (χ3v) is 5.62. The molecule has 0 aromatic heterocycles. The Labute approximate surface area is 169 Å². The van der Waals surface area contributed by atoms with Crippen LogP contribution in [0.3, 0.4) is 0 Å². The summed E-state index contributed by atoms with van der Waals surface area (Å²) in [7, 11) is 1.88. The van der Waals surface area contributed by atoms with Crippen LogP contribution < -0.4 is 10.1 Å². The first-order valence-electron chi connectivity index (χ1n) is 10.8. The zero-order chi connectivity index (χ0) is 19.6. The van der Waals surface area contributed by atoms with Crippen LogP contribution in [0.2, 0.25) is 0 Å². The van der Waals surface area contributed by atoms with E-state index in [1.807, 2.05) is 7.05 Å². The van der Waals surface area contributed by atoms with Gasteiger partial charge < -0.3 is 19.7 Å². The lowest BCUT2D eigenvalue weighted by molar-refractivity contribution is 0.0195. The average molecular weight is 389 g/mol. The van der Waals surface area contributed by atoms with Crippen LogP contribution >= 0.6 is 0 Å². The van der Waals surface area contributed by atoms with Gasteiger partial charge in [-0.2, -0.15) is 0 Å². The Morgan fingerprint density at radius 1 is 1.21 bits per heavy atom. The lowest BCUT2D eigenvalue weighted by Gasteiger charge is -2.32. The Kier molecular flexibility index (Phi) is 8.42. The normalized spacial score (nSPS) is 21.1. The molecule has 2 aliphatic rings. The van der Waals surface area contributed by atoms with Crippen LogP contribution in [0.1, 0.15) is 31.7 Å². The molecule has 6 heteroatoms. The van der Waals surface area contributed by atoms with E-state index in [9.17, 15) is 0 Å². The molecule has 3 rings (SSSR count). The second kappa shape index (κ2) is 11.3. The molecule has 0 radical (unpaired) electrons. The van der Waals surface area contributed by atoms with E-state index < -0.39 is 0 Å². The molecule has 0 bridgehead atoms. The molecule has 0 saturated carbocycles. The van der Waals surface area contributed by atoms with Crippen molar-refractivity contribution in [2.45, 2.75) is 38.6 Å². The first kappa shape index (κ1) is 20.9. The number of nitrogens with one attached hydrogen (secondary N) is 1. The SMILES string of the molecule is CCCCOc1ccc(CCNC(=NC)N2CCC(N3CCOCC3)C2)cc1. The maximum atomic E-state index is 5.74. The molecule has 6 nitrogen and oxygen atoms in total. The van der Waals surface area contributed by atoms with Crippen LogP contribution in [0.5, 0.6) is 5.75 Å². The minimum absolute atomic E-state index is 0.628. The van der Waals surface area contributed by atoms with E-state index in [0.717, 1.165) is 83.5 Å². The molecule has 0 amide bonds. The molecule has 1 aromatic rings. The van der Waals surface area contributed by atoms with Gasteiger partial charge in [0.15, 0.2) is 5.96 Å². The summed E-state index contributed by atoms with van der Waals surface area (Å²) in [4.78, 5) is 9.47. The van der Waals surface area contributed by atoms with Crippen LogP contribution in [-0.4, -0.2) is 81.4 Å². The molecule has 0 spiro atoms. The number of ether oxygens (including phenoxy) is 2. The van der Waals surface area contributed by atoms with Crippen LogP contribution in [0.4, 0.5) is 0 Å². The molecule has 2 heterocycles. The summed E-state index contributed by atoms with van der Waals surface area (Å²) in [6, 6.07) is 9.11. The zero-order valence-electron chi connectivity index (χ0n) is 17.5. The van der Waals surface area contributed by atoms with Crippen molar-refractivity contribution in [3.63, 3.8) is 0 Å². The first-order chi connectivity index (χ1) is 13.8.